The number of anilines is 1. The molecule has 19 heavy (non-hydrogen) atoms. The van der Waals surface area contributed by atoms with E-state index >= 15 is 0 Å². The van der Waals surface area contributed by atoms with Crippen LogP contribution in [0, 0.1) is 0 Å². The minimum atomic E-state index is 0.545. The lowest BCUT2D eigenvalue weighted by Crippen LogP contribution is -2.13. The molecule has 0 atom stereocenters. The summed E-state index contributed by atoms with van der Waals surface area (Å²) in [5, 5.41) is 9.28. The summed E-state index contributed by atoms with van der Waals surface area (Å²) in [6, 6.07) is 2.71. The van der Waals surface area contributed by atoms with Crippen molar-refractivity contribution in [2.75, 3.05) is 5.73 Å². The molecule has 2 heterocycles. The average Bonchev–Trinajstić information content (AvgIpc) is 3.05. The molecule has 102 valence electrons. The second-order valence-electron chi connectivity index (χ2n) is 5.20. The first kappa shape index (κ1) is 12.7. The molecular weight excluding hydrogens is 256 g/mol. The number of nitrogens with two attached hydrogens (primary N) is 1. The van der Waals surface area contributed by atoms with Gasteiger partial charge in [0.15, 0.2) is 5.82 Å². The van der Waals surface area contributed by atoms with Crippen LogP contribution in [0.2, 0.25) is 0 Å². The number of nitrogens with zero attached hydrogens (tertiary/aromatic N) is 3. The molecule has 0 radical (unpaired) electrons. The van der Waals surface area contributed by atoms with Crippen molar-refractivity contribution in [2.45, 2.75) is 51.5 Å². The van der Waals surface area contributed by atoms with Gasteiger partial charge in [-0.15, -0.1) is 21.5 Å². The number of hydrogen-bond acceptors (Lipinski definition) is 4. The van der Waals surface area contributed by atoms with E-state index < -0.39 is 0 Å². The molecule has 1 fully saturated rings. The Morgan fingerprint density at radius 3 is 2.84 bits per heavy atom. The van der Waals surface area contributed by atoms with E-state index in [-0.39, 0.29) is 0 Å². The van der Waals surface area contributed by atoms with Crippen molar-refractivity contribution in [1.82, 2.24) is 14.8 Å². The van der Waals surface area contributed by atoms with Crippen LogP contribution in [-0.2, 0) is 6.42 Å². The van der Waals surface area contributed by atoms with Gasteiger partial charge in [-0.3, -0.25) is 0 Å². The van der Waals surface area contributed by atoms with E-state index in [1.807, 2.05) is 6.33 Å². The molecule has 0 spiro atoms. The van der Waals surface area contributed by atoms with E-state index in [4.69, 9.17) is 5.73 Å². The first-order chi connectivity index (χ1) is 9.29. The van der Waals surface area contributed by atoms with Crippen molar-refractivity contribution in [3.05, 3.63) is 17.3 Å². The zero-order valence-electron chi connectivity index (χ0n) is 11.3. The lowest BCUT2D eigenvalue weighted by atomic mass is 9.95. The maximum atomic E-state index is 6.14. The predicted octanol–water partition coefficient (Wildman–Crippen LogP) is 3.66. The number of rotatable bonds is 3. The fraction of sp³-hybridized carbons (Fsp3) is 0.571. The lowest BCUT2D eigenvalue weighted by Gasteiger charge is -2.23. The maximum Gasteiger partial charge on any atom is 0.166 e. The van der Waals surface area contributed by atoms with Crippen molar-refractivity contribution in [2.24, 2.45) is 0 Å². The third-order valence-corrected chi connectivity index (χ3v) is 5.05. The van der Waals surface area contributed by atoms with Gasteiger partial charge in [-0.1, -0.05) is 26.2 Å². The van der Waals surface area contributed by atoms with Crippen LogP contribution >= 0.6 is 11.3 Å². The summed E-state index contributed by atoms with van der Waals surface area (Å²) in [4.78, 5) is 1.31. The molecule has 0 saturated heterocycles. The van der Waals surface area contributed by atoms with Crippen molar-refractivity contribution >= 4 is 16.3 Å². The predicted molar refractivity (Wildman–Crippen MR) is 79.2 cm³/mol. The first-order valence-corrected chi connectivity index (χ1v) is 7.89. The zero-order chi connectivity index (χ0) is 13.2. The molecule has 0 aromatic carbocycles. The van der Waals surface area contributed by atoms with Crippen LogP contribution in [0.25, 0.3) is 11.4 Å². The largest absolute Gasteiger partial charge is 0.390 e. The fourth-order valence-corrected chi connectivity index (χ4v) is 3.73. The number of aromatic nitrogens is 3. The third-order valence-electron chi connectivity index (χ3n) is 3.94. The number of aryl methyl sites for hydroxylation is 1. The molecular formula is C14H20N4S. The standard InChI is InChI=1S/C14H20N4S/c1-2-11-8-12(13(15)19-11)14-17-16-9-18(14)10-6-4-3-5-7-10/h8-10H,2-7,15H2,1H3. The second kappa shape index (κ2) is 5.33. The van der Waals surface area contributed by atoms with Gasteiger partial charge in [0, 0.05) is 10.9 Å². The molecule has 0 amide bonds. The molecule has 5 heteroatoms. The van der Waals surface area contributed by atoms with Gasteiger partial charge in [0.2, 0.25) is 0 Å². The summed E-state index contributed by atoms with van der Waals surface area (Å²) in [6.07, 6.45) is 9.32. The van der Waals surface area contributed by atoms with E-state index in [0.717, 1.165) is 22.8 Å². The molecule has 1 aliphatic rings. The van der Waals surface area contributed by atoms with Crippen LogP contribution in [0.15, 0.2) is 12.4 Å². The van der Waals surface area contributed by atoms with Crippen LogP contribution in [0.1, 0.15) is 49.9 Å². The zero-order valence-corrected chi connectivity index (χ0v) is 12.1. The van der Waals surface area contributed by atoms with Crippen molar-refractivity contribution in [1.29, 1.82) is 0 Å². The van der Waals surface area contributed by atoms with Crippen molar-refractivity contribution < 1.29 is 0 Å². The maximum absolute atomic E-state index is 6.14. The van der Waals surface area contributed by atoms with E-state index in [1.165, 1.54) is 37.0 Å². The quantitative estimate of drug-likeness (QED) is 0.930. The van der Waals surface area contributed by atoms with Gasteiger partial charge < -0.3 is 10.3 Å². The molecule has 4 nitrogen and oxygen atoms in total. The average molecular weight is 276 g/mol. The topological polar surface area (TPSA) is 56.7 Å². The van der Waals surface area contributed by atoms with E-state index in [1.54, 1.807) is 11.3 Å². The third kappa shape index (κ3) is 2.39. The first-order valence-electron chi connectivity index (χ1n) is 7.07. The Balaban J connectivity index is 1.96. The summed E-state index contributed by atoms with van der Waals surface area (Å²) in [6.45, 7) is 2.15. The van der Waals surface area contributed by atoms with Crippen LogP contribution in [0.3, 0.4) is 0 Å². The highest BCUT2D eigenvalue weighted by molar-refractivity contribution is 7.16. The smallest absolute Gasteiger partial charge is 0.166 e. The van der Waals surface area contributed by atoms with Gasteiger partial charge in [-0.05, 0) is 25.3 Å². The highest BCUT2D eigenvalue weighted by Gasteiger charge is 2.21. The molecule has 2 N–H and O–H groups in total. The van der Waals surface area contributed by atoms with Crippen LogP contribution in [0.5, 0.6) is 0 Å². The molecule has 0 aliphatic heterocycles. The Kier molecular flexibility index (Phi) is 3.55. The number of nitrogen functional groups attached to an aromatic ring is 1. The van der Waals surface area contributed by atoms with E-state index in [0.29, 0.717) is 6.04 Å². The normalized spacial score (nSPS) is 16.9. The molecule has 1 saturated carbocycles. The highest BCUT2D eigenvalue weighted by Crippen LogP contribution is 2.36. The molecule has 1 aliphatic carbocycles. The fourth-order valence-electron chi connectivity index (χ4n) is 2.87. The molecule has 2 aromatic rings. The van der Waals surface area contributed by atoms with Crippen molar-refractivity contribution in [3.63, 3.8) is 0 Å². The minimum absolute atomic E-state index is 0.545. The van der Waals surface area contributed by atoms with Crippen molar-refractivity contribution in [3.8, 4) is 11.4 Å². The lowest BCUT2D eigenvalue weighted by molar-refractivity contribution is 0.355. The molecule has 0 unspecified atom stereocenters. The van der Waals surface area contributed by atoms with Gasteiger partial charge in [0.1, 0.15) is 6.33 Å². The van der Waals surface area contributed by atoms with Crippen LogP contribution < -0.4 is 5.73 Å². The van der Waals surface area contributed by atoms with Gasteiger partial charge in [-0.25, -0.2) is 0 Å². The number of thiophene rings is 1. The summed E-state index contributed by atoms with van der Waals surface area (Å²) in [7, 11) is 0. The Morgan fingerprint density at radius 2 is 2.16 bits per heavy atom. The SMILES string of the molecule is CCc1cc(-c2nncn2C2CCCCC2)c(N)s1. The molecule has 2 aromatic heterocycles. The van der Waals surface area contributed by atoms with E-state index in [2.05, 4.69) is 27.8 Å². The highest BCUT2D eigenvalue weighted by atomic mass is 32.1. The molecule has 3 rings (SSSR count). The van der Waals surface area contributed by atoms with Gasteiger partial charge in [0.05, 0.1) is 10.6 Å². The monoisotopic (exact) mass is 276 g/mol. The Labute approximate surface area is 117 Å². The van der Waals surface area contributed by atoms with Crippen LogP contribution in [-0.4, -0.2) is 14.8 Å². The van der Waals surface area contributed by atoms with Gasteiger partial charge in [0.25, 0.3) is 0 Å². The molecule has 0 bridgehead atoms. The Hall–Kier alpha value is -1.36. The minimum Gasteiger partial charge on any atom is -0.390 e. The summed E-state index contributed by atoms with van der Waals surface area (Å²) in [5.41, 5.74) is 7.20. The summed E-state index contributed by atoms with van der Waals surface area (Å²) >= 11 is 1.66. The Morgan fingerprint density at radius 1 is 1.37 bits per heavy atom. The summed E-state index contributed by atoms with van der Waals surface area (Å²) in [5.74, 6) is 0.945. The van der Waals surface area contributed by atoms with Gasteiger partial charge in [-0.2, -0.15) is 0 Å². The second-order valence-corrected chi connectivity index (χ2v) is 6.37. The van der Waals surface area contributed by atoms with Gasteiger partial charge >= 0.3 is 0 Å². The Bertz CT molecular complexity index is 552. The van der Waals surface area contributed by atoms with Crippen LogP contribution in [0.4, 0.5) is 5.00 Å². The van der Waals surface area contributed by atoms with E-state index in [9.17, 15) is 0 Å². The summed E-state index contributed by atoms with van der Waals surface area (Å²) < 4.78 is 2.23. The number of hydrogen-bond donors (Lipinski definition) is 1.